The molecule has 0 bridgehead atoms. The van der Waals surface area contributed by atoms with Crippen LogP contribution in [-0.4, -0.2) is 16.1 Å². The molecule has 0 amide bonds. The summed E-state index contributed by atoms with van der Waals surface area (Å²) in [4.78, 5) is 14.6. The van der Waals surface area contributed by atoms with Gasteiger partial charge in [0, 0.05) is 10.9 Å². The highest BCUT2D eigenvalue weighted by Crippen LogP contribution is 2.27. The van der Waals surface area contributed by atoms with Crippen LogP contribution in [0.15, 0.2) is 45.8 Å². The van der Waals surface area contributed by atoms with Gasteiger partial charge in [0.15, 0.2) is 17.8 Å². The molecule has 0 aliphatic heterocycles. The van der Waals surface area contributed by atoms with Crippen LogP contribution in [0.4, 0.5) is 0 Å². The number of carbonyl (C=O) groups is 1. The summed E-state index contributed by atoms with van der Waals surface area (Å²) in [5.74, 6) is -0.860. The van der Waals surface area contributed by atoms with Gasteiger partial charge in [-0.1, -0.05) is 0 Å². The van der Waals surface area contributed by atoms with E-state index in [2.05, 4.69) is 4.98 Å². The van der Waals surface area contributed by atoms with E-state index < -0.39 is 5.97 Å². The first-order valence-electron chi connectivity index (χ1n) is 4.90. The van der Waals surface area contributed by atoms with Crippen LogP contribution in [0.3, 0.4) is 0 Å². The van der Waals surface area contributed by atoms with Crippen LogP contribution < -0.4 is 0 Å². The highest BCUT2D eigenvalue weighted by molar-refractivity contribution is 5.93. The van der Waals surface area contributed by atoms with Gasteiger partial charge in [-0.15, -0.1) is 0 Å². The van der Waals surface area contributed by atoms with Crippen LogP contribution >= 0.6 is 0 Å². The molecule has 0 aliphatic rings. The van der Waals surface area contributed by atoms with Crippen molar-refractivity contribution in [1.82, 2.24) is 4.98 Å². The van der Waals surface area contributed by atoms with E-state index in [1.807, 2.05) is 0 Å². The molecule has 0 saturated carbocycles. The van der Waals surface area contributed by atoms with Crippen LogP contribution in [0.2, 0.25) is 0 Å². The first kappa shape index (κ1) is 9.65. The van der Waals surface area contributed by atoms with Gasteiger partial charge in [0.25, 0.3) is 0 Å². The monoisotopic (exact) mass is 229 g/mol. The second kappa shape index (κ2) is 3.48. The number of carboxylic acid groups (broad SMARTS) is 1. The molecular weight excluding hydrogens is 222 g/mol. The minimum atomic E-state index is -1.11. The van der Waals surface area contributed by atoms with Gasteiger partial charge in [-0.3, -0.25) is 0 Å². The average Bonchev–Trinajstić information content (AvgIpc) is 2.96. The van der Waals surface area contributed by atoms with Crippen molar-refractivity contribution in [2.75, 3.05) is 0 Å². The standard InChI is InChI=1S/C12H7NO4/c14-12(15)10-11(17-6-13-10)8-1-2-9-7(5-8)3-4-16-9/h1-6H,(H,14,15). The number of oxazole rings is 1. The predicted octanol–water partition coefficient (Wildman–Crippen LogP) is 2.79. The third-order valence-electron chi connectivity index (χ3n) is 2.48. The van der Waals surface area contributed by atoms with Crippen molar-refractivity contribution in [2.45, 2.75) is 0 Å². The number of fused-ring (bicyclic) bond motifs is 1. The topological polar surface area (TPSA) is 76.5 Å². The molecule has 0 aliphatic carbocycles. The van der Waals surface area contributed by atoms with Crippen LogP contribution in [-0.2, 0) is 0 Å². The van der Waals surface area contributed by atoms with Crippen LogP contribution in [0.5, 0.6) is 0 Å². The molecule has 0 atom stereocenters. The maximum atomic E-state index is 10.9. The number of hydrogen-bond donors (Lipinski definition) is 1. The fourth-order valence-corrected chi connectivity index (χ4v) is 1.71. The Morgan fingerprint density at radius 1 is 1.24 bits per heavy atom. The molecule has 0 fully saturated rings. The molecular formula is C12H7NO4. The van der Waals surface area contributed by atoms with Crippen molar-refractivity contribution in [3.8, 4) is 11.3 Å². The maximum absolute atomic E-state index is 10.9. The molecule has 0 radical (unpaired) electrons. The normalized spacial score (nSPS) is 10.8. The SMILES string of the molecule is O=C(O)c1ncoc1-c1ccc2occc2c1. The summed E-state index contributed by atoms with van der Waals surface area (Å²) in [5, 5.41) is 9.83. The molecule has 0 unspecified atom stereocenters. The minimum Gasteiger partial charge on any atom is -0.476 e. The number of carboxylic acids is 1. The Hall–Kier alpha value is -2.56. The Kier molecular flexibility index (Phi) is 1.98. The molecule has 5 heteroatoms. The predicted molar refractivity (Wildman–Crippen MR) is 58.7 cm³/mol. The number of aromatic carboxylic acids is 1. The Morgan fingerprint density at radius 2 is 2.12 bits per heavy atom. The average molecular weight is 229 g/mol. The molecule has 17 heavy (non-hydrogen) atoms. The zero-order valence-corrected chi connectivity index (χ0v) is 8.58. The van der Waals surface area contributed by atoms with Crippen LogP contribution in [0.1, 0.15) is 10.5 Å². The Morgan fingerprint density at radius 3 is 2.94 bits per heavy atom. The van der Waals surface area contributed by atoms with Crippen molar-refractivity contribution in [3.63, 3.8) is 0 Å². The number of nitrogens with zero attached hydrogens (tertiary/aromatic N) is 1. The quantitative estimate of drug-likeness (QED) is 0.731. The van der Waals surface area contributed by atoms with Crippen LogP contribution in [0, 0.1) is 0 Å². The van der Waals surface area contributed by atoms with Gasteiger partial charge in [0.2, 0.25) is 0 Å². The van der Waals surface area contributed by atoms with Gasteiger partial charge in [-0.2, -0.15) is 0 Å². The van der Waals surface area contributed by atoms with E-state index in [1.165, 1.54) is 0 Å². The summed E-state index contributed by atoms with van der Waals surface area (Å²) in [6, 6.07) is 7.10. The van der Waals surface area contributed by atoms with Gasteiger partial charge in [-0.05, 0) is 24.3 Å². The summed E-state index contributed by atoms with van der Waals surface area (Å²) in [5.41, 5.74) is 1.31. The number of aromatic nitrogens is 1. The summed E-state index contributed by atoms with van der Waals surface area (Å²) in [7, 11) is 0. The van der Waals surface area contributed by atoms with Gasteiger partial charge >= 0.3 is 5.97 Å². The molecule has 1 aromatic carbocycles. The third-order valence-corrected chi connectivity index (χ3v) is 2.48. The molecule has 1 N–H and O–H groups in total. The molecule has 2 aromatic heterocycles. The first-order valence-corrected chi connectivity index (χ1v) is 4.90. The van der Waals surface area contributed by atoms with Crippen LogP contribution in [0.25, 0.3) is 22.3 Å². The molecule has 0 saturated heterocycles. The number of rotatable bonds is 2. The lowest BCUT2D eigenvalue weighted by molar-refractivity contribution is 0.0691. The molecule has 2 heterocycles. The fraction of sp³-hybridized carbons (Fsp3) is 0. The Balaban J connectivity index is 2.19. The molecule has 5 nitrogen and oxygen atoms in total. The largest absolute Gasteiger partial charge is 0.476 e. The van der Waals surface area contributed by atoms with E-state index in [-0.39, 0.29) is 11.5 Å². The highest BCUT2D eigenvalue weighted by atomic mass is 16.4. The molecule has 0 spiro atoms. The summed E-state index contributed by atoms with van der Waals surface area (Å²) >= 11 is 0. The number of hydrogen-bond acceptors (Lipinski definition) is 4. The molecule has 3 aromatic rings. The number of benzene rings is 1. The lowest BCUT2D eigenvalue weighted by Crippen LogP contribution is -1.98. The van der Waals surface area contributed by atoms with E-state index in [9.17, 15) is 4.79 Å². The smallest absolute Gasteiger partial charge is 0.358 e. The van der Waals surface area contributed by atoms with E-state index >= 15 is 0 Å². The van der Waals surface area contributed by atoms with E-state index in [1.54, 1.807) is 30.5 Å². The van der Waals surface area contributed by atoms with Crippen molar-refractivity contribution in [1.29, 1.82) is 0 Å². The van der Waals surface area contributed by atoms with E-state index in [4.69, 9.17) is 13.9 Å². The van der Waals surface area contributed by atoms with Crippen molar-refractivity contribution in [2.24, 2.45) is 0 Å². The Labute approximate surface area is 95.3 Å². The number of furan rings is 1. The summed E-state index contributed by atoms with van der Waals surface area (Å²) in [6.07, 6.45) is 2.70. The second-order valence-electron chi connectivity index (χ2n) is 3.51. The van der Waals surface area contributed by atoms with Gasteiger partial charge < -0.3 is 13.9 Å². The van der Waals surface area contributed by atoms with Gasteiger partial charge in [0.05, 0.1) is 6.26 Å². The second-order valence-corrected chi connectivity index (χ2v) is 3.51. The summed E-state index contributed by atoms with van der Waals surface area (Å²) in [6.45, 7) is 0. The van der Waals surface area contributed by atoms with Gasteiger partial charge in [0.1, 0.15) is 5.58 Å². The lowest BCUT2D eigenvalue weighted by Gasteiger charge is -1.97. The zero-order chi connectivity index (χ0) is 11.8. The lowest BCUT2D eigenvalue weighted by atomic mass is 10.1. The summed E-state index contributed by atoms with van der Waals surface area (Å²) < 4.78 is 10.3. The van der Waals surface area contributed by atoms with E-state index in [0.29, 0.717) is 5.56 Å². The zero-order valence-electron chi connectivity index (χ0n) is 8.58. The fourth-order valence-electron chi connectivity index (χ4n) is 1.71. The van der Waals surface area contributed by atoms with Crippen molar-refractivity contribution < 1.29 is 18.7 Å². The third kappa shape index (κ3) is 1.48. The Bertz CT molecular complexity index is 695. The minimum absolute atomic E-state index is 0.0900. The maximum Gasteiger partial charge on any atom is 0.358 e. The van der Waals surface area contributed by atoms with Gasteiger partial charge in [-0.25, -0.2) is 9.78 Å². The van der Waals surface area contributed by atoms with E-state index in [0.717, 1.165) is 17.4 Å². The molecule has 84 valence electrons. The first-order chi connectivity index (χ1) is 8.25. The highest BCUT2D eigenvalue weighted by Gasteiger charge is 2.17. The molecule has 3 rings (SSSR count). The van der Waals surface area contributed by atoms with Crippen molar-refractivity contribution >= 4 is 16.9 Å². The van der Waals surface area contributed by atoms with Crippen molar-refractivity contribution in [3.05, 3.63) is 42.6 Å².